The van der Waals surface area contributed by atoms with Crippen molar-refractivity contribution in [3.63, 3.8) is 0 Å². The topological polar surface area (TPSA) is 47.4 Å². The van der Waals surface area contributed by atoms with Crippen LogP contribution in [-0.4, -0.2) is 50.0 Å². The Morgan fingerprint density at radius 1 is 0.935 bits per heavy atom. The van der Waals surface area contributed by atoms with Crippen LogP contribution in [0.2, 0.25) is 5.02 Å². The van der Waals surface area contributed by atoms with Crippen LogP contribution < -0.4 is 0 Å². The molecular weight excluding hydrogens is 413 g/mol. The fraction of sp³-hybridized carbons (Fsp3) is 0.440. The number of ketones is 1. The molecule has 0 fully saturated rings. The summed E-state index contributed by atoms with van der Waals surface area (Å²) in [6.07, 6.45) is 1.42. The summed E-state index contributed by atoms with van der Waals surface area (Å²) in [6.45, 7) is 9.51. The fourth-order valence-corrected chi connectivity index (χ4v) is 2.90. The maximum absolute atomic E-state index is 12.9. The molecule has 4 nitrogen and oxygen atoms in total. The van der Waals surface area contributed by atoms with Crippen LogP contribution in [0.3, 0.4) is 0 Å². The lowest BCUT2D eigenvalue weighted by Crippen LogP contribution is -2.25. The summed E-state index contributed by atoms with van der Waals surface area (Å²) < 4.78 is 12.9. The van der Waals surface area contributed by atoms with Gasteiger partial charge in [-0.25, -0.2) is 4.39 Å². The number of halogens is 2. The first kappa shape index (κ1) is 31.1. The van der Waals surface area contributed by atoms with Crippen molar-refractivity contribution in [1.29, 1.82) is 5.41 Å². The largest absolute Gasteiger partial charge is 0.311 e. The second-order valence-electron chi connectivity index (χ2n) is 6.66. The van der Waals surface area contributed by atoms with Crippen LogP contribution in [0.5, 0.6) is 0 Å². The molecular formula is C25H39ClFN3O. The molecule has 0 aromatic heterocycles. The Kier molecular flexibility index (Phi) is 17.6. The second kappa shape index (κ2) is 17.6. The summed E-state index contributed by atoms with van der Waals surface area (Å²) in [6, 6.07) is 13.4. The van der Waals surface area contributed by atoms with Gasteiger partial charge < -0.3 is 5.41 Å². The minimum Gasteiger partial charge on any atom is -0.311 e. The normalized spacial score (nSPS) is 11.6. The number of nitrogens with zero attached hydrogens (tertiary/aromatic N) is 2. The third-order valence-corrected chi connectivity index (χ3v) is 4.24. The van der Waals surface area contributed by atoms with E-state index in [1.807, 2.05) is 71.0 Å². The molecule has 1 N–H and O–H groups in total. The molecule has 174 valence electrons. The molecule has 0 saturated heterocycles. The Morgan fingerprint density at radius 3 is 1.81 bits per heavy atom. The molecule has 2 atom stereocenters. The number of Topliss-reactive ketones (excluding diaryl/α,β-unsaturated/α-hetero) is 1. The van der Waals surface area contributed by atoms with Crippen molar-refractivity contribution in [1.82, 2.24) is 9.80 Å². The van der Waals surface area contributed by atoms with Crippen molar-refractivity contribution in [3.8, 4) is 0 Å². The number of hydrogen-bond donors (Lipinski definition) is 1. The highest BCUT2D eigenvalue weighted by Crippen LogP contribution is 2.20. The second-order valence-corrected chi connectivity index (χ2v) is 7.09. The minimum absolute atomic E-state index is 0.0144. The maximum Gasteiger partial charge on any atom is 0.151 e. The van der Waals surface area contributed by atoms with E-state index in [-0.39, 0.29) is 23.7 Å². The lowest BCUT2D eigenvalue weighted by molar-refractivity contribution is -0.121. The van der Waals surface area contributed by atoms with Crippen LogP contribution >= 0.6 is 11.6 Å². The Hall–Kier alpha value is -2.08. The van der Waals surface area contributed by atoms with Crippen molar-refractivity contribution in [2.24, 2.45) is 0 Å². The van der Waals surface area contributed by atoms with Gasteiger partial charge in [0.25, 0.3) is 0 Å². The zero-order chi connectivity index (χ0) is 24.6. The average Bonchev–Trinajstić information content (AvgIpc) is 2.73. The molecule has 0 heterocycles. The van der Waals surface area contributed by atoms with E-state index in [0.717, 1.165) is 10.6 Å². The molecule has 0 amide bonds. The average molecular weight is 452 g/mol. The standard InChI is InChI=1S/C11H14FNO.C10H13ClN2.2C2H6/c1-8(14)11(13(2)3)9-5-4-6-10(12)7-9;1-13(2)10(7-12)8-3-5-9(11)6-4-8;2*1-2/h4-7,11H,1-3H3;3-7,10,12H,1-2H3;2*1-2H3. The van der Waals surface area contributed by atoms with Crippen LogP contribution in [0.15, 0.2) is 48.5 Å². The Labute approximate surface area is 193 Å². The number of hydrogen-bond acceptors (Lipinski definition) is 4. The van der Waals surface area contributed by atoms with Gasteiger partial charge in [0.15, 0.2) is 5.78 Å². The molecule has 2 aromatic carbocycles. The van der Waals surface area contributed by atoms with Gasteiger partial charge in [0, 0.05) is 11.2 Å². The third kappa shape index (κ3) is 11.8. The van der Waals surface area contributed by atoms with E-state index in [1.54, 1.807) is 31.1 Å². The molecule has 31 heavy (non-hydrogen) atoms. The Morgan fingerprint density at radius 2 is 1.45 bits per heavy atom. The zero-order valence-corrected chi connectivity index (χ0v) is 21.2. The van der Waals surface area contributed by atoms with Crippen LogP contribution in [0.1, 0.15) is 57.8 Å². The van der Waals surface area contributed by atoms with E-state index in [4.69, 9.17) is 17.0 Å². The van der Waals surface area contributed by atoms with Gasteiger partial charge in [-0.3, -0.25) is 14.6 Å². The van der Waals surface area contributed by atoms with Crippen molar-refractivity contribution in [3.05, 3.63) is 70.5 Å². The molecule has 0 bridgehead atoms. The van der Waals surface area contributed by atoms with E-state index in [1.165, 1.54) is 25.3 Å². The summed E-state index contributed by atoms with van der Waals surface area (Å²) in [5, 5.41) is 8.01. The van der Waals surface area contributed by atoms with E-state index >= 15 is 0 Å². The molecule has 0 aliphatic rings. The number of nitrogens with one attached hydrogen (secondary N) is 1. The van der Waals surface area contributed by atoms with Gasteiger partial charge in [-0.15, -0.1) is 0 Å². The van der Waals surface area contributed by atoms with Gasteiger partial charge in [-0.1, -0.05) is 63.6 Å². The summed E-state index contributed by atoms with van der Waals surface area (Å²) in [4.78, 5) is 15.1. The smallest absolute Gasteiger partial charge is 0.151 e. The molecule has 2 aromatic rings. The number of carbonyl (C=O) groups excluding carboxylic acids is 1. The van der Waals surface area contributed by atoms with E-state index in [0.29, 0.717) is 5.56 Å². The summed E-state index contributed by atoms with van der Waals surface area (Å²) in [5.74, 6) is -0.295. The molecule has 0 radical (unpaired) electrons. The van der Waals surface area contributed by atoms with E-state index in [2.05, 4.69) is 0 Å². The molecule has 0 aliphatic heterocycles. The summed E-state index contributed by atoms with van der Waals surface area (Å²) >= 11 is 5.77. The van der Waals surface area contributed by atoms with Gasteiger partial charge in [0.05, 0.1) is 12.1 Å². The Bertz CT molecular complexity index is 749. The van der Waals surface area contributed by atoms with Crippen LogP contribution in [0, 0.1) is 11.2 Å². The summed E-state index contributed by atoms with van der Waals surface area (Å²) in [5.41, 5.74) is 1.78. The minimum atomic E-state index is -0.356. The van der Waals surface area contributed by atoms with Crippen molar-refractivity contribution in [2.45, 2.75) is 46.7 Å². The lowest BCUT2D eigenvalue weighted by Gasteiger charge is -2.21. The first-order chi connectivity index (χ1) is 14.7. The quantitative estimate of drug-likeness (QED) is 0.499. The predicted octanol–water partition coefficient (Wildman–Crippen LogP) is 6.66. The zero-order valence-electron chi connectivity index (χ0n) is 20.4. The number of benzene rings is 2. The van der Waals surface area contributed by atoms with Crippen molar-refractivity contribution >= 4 is 23.6 Å². The first-order valence-electron chi connectivity index (χ1n) is 10.5. The van der Waals surface area contributed by atoms with E-state index in [9.17, 15) is 9.18 Å². The van der Waals surface area contributed by atoms with Crippen LogP contribution in [0.4, 0.5) is 4.39 Å². The maximum atomic E-state index is 12.9. The molecule has 6 heteroatoms. The molecule has 2 rings (SSSR count). The van der Waals surface area contributed by atoms with Gasteiger partial charge in [0.1, 0.15) is 5.82 Å². The highest BCUT2D eigenvalue weighted by Gasteiger charge is 2.18. The number of rotatable bonds is 6. The van der Waals surface area contributed by atoms with Gasteiger partial charge in [0.2, 0.25) is 0 Å². The number of likely N-dealkylation sites (N-methyl/N-ethyl adjacent to an activating group) is 1. The van der Waals surface area contributed by atoms with E-state index < -0.39 is 0 Å². The number of carbonyl (C=O) groups is 1. The molecule has 0 aliphatic carbocycles. The summed E-state index contributed by atoms with van der Waals surface area (Å²) in [7, 11) is 7.50. The first-order valence-corrected chi connectivity index (χ1v) is 10.9. The van der Waals surface area contributed by atoms with Gasteiger partial charge in [-0.05, 0) is 70.5 Å². The molecule has 0 saturated carbocycles. The predicted molar refractivity (Wildman–Crippen MR) is 133 cm³/mol. The Balaban J connectivity index is 0. The van der Waals surface area contributed by atoms with Gasteiger partial charge in [-0.2, -0.15) is 0 Å². The molecule has 2 unspecified atom stereocenters. The molecule has 0 spiro atoms. The third-order valence-electron chi connectivity index (χ3n) is 3.99. The van der Waals surface area contributed by atoms with Gasteiger partial charge >= 0.3 is 0 Å². The monoisotopic (exact) mass is 451 g/mol. The highest BCUT2D eigenvalue weighted by atomic mass is 35.5. The fourth-order valence-electron chi connectivity index (χ4n) is 2.78. The van der Waals surface area contributed by atoms with Crippen molar-refractivity contribution in [2.75, 3.05) is 28.2 Å². The SMILES string of the molecule is CC.CC.CC(=O)C(c1cccc(F)c1)N(C)C.CN(C)C(C=N)c1ccc(Cl)cc1. The highest BCUT2D eigenvalue weighted by molar-refractivity contribution is 6.30. The van der Waals surface area contributed by atoms with Crippen LogP contribution in [-0.2, 0) is 4.79 Å². The van der Waals surface area contributed by atoms with Crippen molar-refractivity contribution < 1.29 is 9.18 Å². The lowest BCUT2D eigenvalue weighted by atomic mass is 10.0. The van der Waals surface area contributed by atoms with Crippen LogP contribution in [0.25, 0.3) is 0 Å².